The molecule has 1 rings (SSSR count). The van der Waals surface area contributed by atoms with Crippen molar-refractivity contribution in [1.29, 1.82) is 0 Å². The second kappa shape index (κ2) is 3.95. The van der Waals surface area contributed by atoms with Crippen LogP contribution in [0.3, 0.4) is 0 Å². The van der Waals surface area contributed by atoms with Gasteiger partial charge >= 0.3 is 0 Å². The van der Waals surface area contributed by atoms with Gasteiger partial charge in [0.05, 0.1) is 4.47 Å². The molecule has 1 aromatic rings. The number of nitrogens with two attached hydrogens (primary N) is 1. The Morgan fingerprint density at radius 2 is 1.86 bits per heavy atom. The fourth-order valence-electron chi connectivity index (χ4n) is 1.16. The lowest BCUT2D eigenvalue weighted by Gasteiger charge is -2.23. The molecule has 0 spiro atoms. The number of hydrogen-bond donors (Lipinski definition) is 1. The fraction of sp³-hybridized carbons (Fsp3) is 0.400. The second-order valence-electron chi connectivity index (χ2n) is 3.81. The van der Waals surface area contributed by atoms with E-state index in [1.54, 1.807) is 19.9 Å². The molecule has 78 valence electrons. The van der Waals surface area contributed by atoms with E-state index < -0.39 is 17.0 Å². The molecule has 0 heterocycles. The van der Waals surface area contributed by atoms with Crippen LogP contribution in [0.2, 0.25) is 0 Å². The van der Waals surface area contributed by atoms with Crippen molar-refractivity contribution < 1.29 is 8.78 Å². The van der Waals surface area contributed by atoms with Crippen LogP contribution in [0.5, 0.6) is 0 Å². The molecule has 2 N–H and O–H groups in total. The normalized spacial score (nSPS) is 11.9. The molecule has 0 aromatic heterocycles. The van der Waals surface area contributed by atoms with Gasteiger partial charge in [-0.25, -0.2) is 8.78 Å². The van der Waals surface area contributed by atoms with Crippen LogP contribution in [0.15, 0.2) is 16.6 Å². The van der Waals surface area contributed by atoms with Gasteiger partial charge in [0, 0.05) is 12.0 Å². The highest BCUT2D eigenvalue weighted by Crippen LogP contribution is 2.29. The minimum Gasteiger partial charge on any atom is -0.330 e. The van der Waals surface area contributed by atoms with Gasteiger partial charge in [-0.15, -0.1) is 0 Å². The quantitative estimate of drug-likeness (QED) is 0.816. The summed E-state index contributed by atoms with van der Waals surface area (Å²) < 4.78 is 26.8. The predicted octanol–water partition coefficient (Wildman–Crippen LogP) is 2.96. The minimum atomic E-state index is -0.857. The molecule has 0 fully saturated rings. The van der Waals surface area contributed by atoms with Crippen molar-refractivity contribution in [3.8, 4) is 0 Å². The molecule has 0 radical (unpaired) electrons. The van der Waals surface area contributed by atoms with Crippen molar-refractivity contribution in [2.24, 2.45) is 5.73 Å². The molecule has 0 aliphatic heterocycles. The van der Waals surface area contributed by atoms with Crippen LogP contribution in [0.25, 0.3) is 0 Å². The first-order valence-electron chi connectivity index (χ1n) is 4.24. The largest absolute Gasteiger partial charge is 0.330 e. The first kappa shape index (κ1) is 11.6. The monoisotopic (exact) mass is 263 g/mol. The number of hydrogen-bond acceptors (Lipinski definition) is 1. The van der Waals surface area contributed by atoms with Crippen LogP contribution in [-0.2, 0) is 5.41 Å². The molecule has 1 nitrogen and oxygen atoms in total. The SMILES string of the molecule is CC(C)(CN)c1ccc(Br)c(F)c1F. The Balaban J connectivity index is 3.31. The van der Waals surface area contributed by atoms with Crippen molar-refractivity contribution in [2.75, 3.05) is 6.54 Å². The Bertz CT molecular complexity index is 350. The molecule has 1 aromatic carbocycles. The Kier molecular flexibility index (Phi) is 3.27. The van der Waals surface area contributed by atoms with E-state index in [0.29, 0.717) is 5.56 Å². The molecule has 4 heteroatoms. The Labute approximate surface area is 90.4 Å². The summed E-state index contributed by atoms with van der Waals surface area (Å²) in [6.45, 7) is 3.82. The van der Waals surface area contributed by atoms with Crippen molar-refractivity contribution in [1.82, 2.24) is 0 Å². The van der Waals surface area contributed by atoms with Crippen LogP contribution in [0.1, 0.15) is 19.4 Å². The molecule has 0 aliphatic rings. The molecular formula is C10H12BrF2N. The average Bonchev–Trinajstić information content (AvgIpc) is 2.14. The van der Waals surface area contributed by atoms with Crippen molar-refractivity contribution in [3.63, 3.8) is 0 Å². The standard InChI is InChI=1S/C10H12BrF2N/c1-10(2,5-14)6-3-4-7(11)9(13)8(6)12/h3-4H,5,14H2,1-2H3. The number of rotatable bonds is 2. The average molecular weight is 264 g/mol. The smallest absolute Gasteiger partial charge is 0.173 e. The zero-order valence-corrected chi connectivity index (χ0v) is 9.66. The van der Waals surface area contributed by atoms with E-state index in [0.717, 1.165) is 0 Å². The summed E-state index contributed by atoms with van der Waals surface area (Å²) >= 11 is 2.92. The molecule has 0 amide bonds. The summed E-state index contributed by atoms with van der Waals surface area (Å²) in [6, 6.07) is 3.04. The maximum absolute atomic E-state index is 13.5. The molecule has 0 unspecified atom stereocenters. The summed E-state index contributed by atoms with van der Waals surface area (Å²) in [6.07, 6.45) is 0. The van der Waals surface area contributed by atoms with Gasteiger partial charge in [-0.3, -0.25) is 0 Å². The lowest BCUT2D eigenvalue weighted by atomic mass is 9.84. The summed E-state index contributed by atoms with van der Waals surface area (Å²) in [5, 5.41) is 0. The zero-order valence-electron chi connectivity index (χ0n) is 8.07. The lowest BCUT2D eigenvalue weighted by Crippen LogP contribution is -2.29. The summed E-state index contributed by atoms with van der Waals surface area (Å²) in [7, 11) is 0. The van der Waals surface area contributed by atoms with E-state index in [1.807, 2.05) is 0 Å². The highest BCUT2D eigenvalue weighted by molar-refractivity contribution is 9.10. The Hall–Kier alpha value is -0.480. The molecule has 0 saturated heterocycles. The van der Waals surface area contributed by atoms with E-state index in [2.05, 4.69) is 15.9 Å². The van der Waals surface area contributed by atoms with Gasteiger partial charge in [0.15, 0.2) is 11.6 Å². The van der Waals surface area contributed by atoms with Gasteiger partial charge in [0.2, 0.25) is 0 Å². The third-order valence-corrected chi connectivity index (χ3v) is 2.89. The predicted molar refractivity (Wildman–Crippen MR) is 56.1 cm³/mol. The second-order valence-corrected chi connectivity index (χ2v) is 4.67. The van der Waals surface area contributed by atoms with Gasteiger partial charge in [-0.2, -0.15) is 0 Å². The van der Waals surface area contributed by atoms with Gasteiger partial charge in [0.25, 0.3) is 0 Å². The van der Waals surface area contributed by atoms with Crippen LogP contribution in [0, 0.1) is 11.6 Å². The fourth-order valence-corrected chi connectivity index (χ4v) is 1.46. The summed E-state index contributed by atoms with van der Waals surface area (Å²) in [5.41, 5.74) is 5.25. The first-order valence-corrected chi connectivity index (χ1v) is 5.03. The van der Waals surface area contributed by atoms with E-state index in [1.165, 1.54) is 6.07 Å². The van der Waals surface area contributed by atoms with Crippen LogP contribution in [0.4, 0.5) is 8.78 Å². The zero-order chi connectivity index (χ0) is 10.9. The van der Waals surface area contributed by atoms with Gasteiger partial charge in [0.1, 0.15) is 0 Å². The highest BCUT2D eigenvalue weighted by Gasteiger charge is 2.25. The minimum absolute atomic E-state index is 0.131. The molecule has 14 heavy (non-hydrogen) atoms. The molecule has 0 atom stereocenters. The van der Waals surface area contributed by atoms with E-state index in [-0.39, 0.29) is 11.0 Å². The summed E-state index contributed by atoms with van der Waals surface area (Å²) in [5.74, 6) is -1.68. The van der Waals surface area contributed by atoms with E-state index >= 15 is 0 Å². The lowest BCUT2D eigenvalue weighted by molar-refractivity contribution is 0.449. The van der Waals surface area contributed by atoms with E-state index in [9.17, 15) is 8.78 Å². The van der Waals surface area contributed by atoms with Crippen molar-refractivity contribution >= 4 is 15.9 Å². The van der Waals surface area contributed by atoms with Gasteiger partial charge in [-0.05, 0) is 27.6 Å². The third kappa shape index (κ3) is 1.96. The number of halogens is 3. The first-order chi connectivity index (χ1) is 6.40. The highest BCUT2D eigenvalue weighted by atomic mass is 79.9. The Morgan fingerprint density at radius 3 is 2.36 bits per heavy atom. The Morgan fingerprint density at radius 1 is 1.29 bits per heavy atom. The molecule has 0 saturated carbocycles. The maximum Gasteiger partial charge on any atom is 0.173 e. The van der Waals surface area contributed by atoms with Crippen molar-refractivity contribution in [3.05, 3.63) is 33.8 Å². The third-order valence-electron chi connectivity index (χ3n) is 2.27. The van der Waals surface area contributed by atoms with Gasteiger partial charge in [-0.1, -0.05) is 19.9 Å². The molecule has 0 aliphatic carbocycles. The maximum atomic E-state index is 13.5. The topological polar surface area (TPSA) is 26.0 Å². The van der Waals surface area contributed by atoms with Crippen molar-refractivity contribution in [2.45, 2.75) is 19.3 Å². The van der Waals surface area contributed by atoms with Crippen LogP contribution >= 0.6 is 15.9 Å². The molecule has 0 bridgehead atoms. The van der Waals surface area contributed by atoms with Crippen LogP contribution in [-0.4, -0.2) is 6.54 Å². The summed E-state index contributed by atoms with van der Waals surface area (Å²) in [4.78, 5) is 0. The van der Waals surface area contributed by atoms with Gasteiger partial charge < -0.3 is 5.73 Å². The molecular weight excluding hydrogens is 252 g/mol. The van der Waals surface area contributed by atoms with Crippen LogP contribution < -0.4 is 5.73 Å². The van der Waals surface area contributed by atoms with E-state index in [4.69, 9.17) is 5.73 Å². The number of benzene rings is 1.